The van der Waals surface area contributed by atoms with Crippen LogP contribution in [0.3, 0.4) is 0 Å². The van der Waals surface area contributed by atoms with E-state index in [-0.39, 0.29) is 11.2 Å². The zero-order valence-corrected chi connectivity index (χ0v) is 11.5. The minimum absolute atomic E-state index is 0.115. The van der Waals surface area contributed by atoms with E-state index in [1.54, 1.807) is 24.7 Å². The lowest BCUT2D eigenvalue weighted by atomic mass is 10.3. The molecule has 98 valence electrons. The largest absolute Gasteiger partial charge is 0.310 e. The molecule has 6 heteroatoms. The van der Waals surface area contributed by atoms with Crippen LogP contribution in [0.4, 0.5) is 5.82 Å². The number of amides is 1. The van der Waals surface area contributed by atoms with Crippen molar-refractivity contribution in [2.24, 2.45) is 0 Å². The highest BCUT2D eigenvalue weighted by molar-refractivity contribution is 8.00. The lowest BCUT2D eigenvalue weighted by Gasteiger charge is -2.10. The third-order valence-electron chi connectivity index (χ3n) is 2.36. The van der Waals surface area contributed by atoms with E-state index in [2.05, 4.69) is 20.3 Å². The van der Waals surface area contributed by atoms with Crippen LogP contribution in [0.1, 0.15) is 12.5 Å². The predicted octanol–water partition coefficient (Wildman–Crippen LogP) is 2.30. The number of aryl methyl sites for hydroxylation is 1. The molecule has 2 heterocycles. The first-order valence-corrected chi connectivity index (χ1v) is 6.70. The zero-order chi connectivity index (χ0) is 13.7. The molecular weight excluding hydrogens is 260 g/mol. The first-order valence-electron chi connectivity index (χ1n) is 5.82. The van der Waals surface area contributed by atoms with Gasteiger partial charge in [0.1, 0.15) is 5.82 Å². The van der Waals surface area contributed by atoms with E-state index < -0.39 is 0 Å². The molecule has 5 nitrogen and oxygen atoms in total. The molecule has 0 radical (unpaired) electrons. The molecular formula is C13H14N4OS. The Balaban J connectivity index is 1.96. The highest BCUT2D eigenvalue weighted by Crippen LogP contribution is 2.19. The van der Waals surface area contributed by atoms with Gasteiger partial charge >= 0.3 is 0 Å². The van der Waals surface area contributed by atoms with Crippen LogP contribution in [-0.2, 0) is 4.79 Å². The Kier molecular flexibility index (Phi) is 4.46. The summed E-state index contributed by atoms with van der Waals surface area (Å²) in [6.45, 7) is 3.76. The average Bonchev–Trinajstić information content (AvgIpc) is 2.40. The fourth-order valence-electron chi connectivity index (χ4n) is 1.39. The molecule has 0 spiro atoms. The van der Waals surface area contributed by atoms with E-state index in [4.69, 9.17) is 0 Å². The topological polar surface area (TPSA) is 67.8 Å². The molecule has 1 atom stereocenters. The van der Waals surface area contributed by atoms with Crippen LogP contribution < -0.4 is 5.32 Å². The van der Waals surface area contributed by atoms with E-state index in [1.165, 1.54) is 11.8 Å². The van der Waals surface area contributed by atoms with Crippen molar-refractivity contribution in [2.75, 3.05) is 5.32 Å². The third-order valence-corrected chi connectivity index (χ3v) is 3.35. The highest BCUT2D eigenvalue weighted by atomic mass is 32.2. The Morgan fingerprint density at radius 2 is 2.00 bits per heavy atom. The van der Waals surface area contributed by atoms with Gasteiger partial charge in [-0.1, -0.05) is 11.8 Å². The van der Waals surface area contributed by atoms with Crippen LogP contribution in [0, 0.1) is 6.92 Å². The average molecular weight is 274 g/mol. The van der Waals surface area contributed by atoms with Gasteiger partial charge in [-0.3, -0.25) is 4.79 Å². The van der Waals surface area contributed by atoms with Crippen LogP contribution >= 0.6 is 11.8 Å². The number of nitrogens with zero attached hydrogens (tertiary/aromatic N) is 3. The Hall–Kier alpha value is -1.95. The molecule has 0 aliphatic carbocycles. The van der Waals surface area contributed by atoms with Crippen molar-refractivity contribution in [3.63, 3.8) is 0 Å². The number of nitrogens with one attached hydrogen (secondary N) is 1. The summed E-state index contributed by atoms with van der Waals surface area (Å²) < 4.78 is 0. The van der Waals surface area contributed by atoms with Gasteiger partial charge in [0, 0.05) is 18.6 Å². The second-order valence-corrected chi connectivity index (χ2v) is 5.31. The van der Waals surface area contributed by atoms with Crippen molar-refractivity contribution in [3.8, 4) is 0 Å². The molecule has 0 aliphatic heterocycles. The fraction of sp³-hybridized carbons (Fsp3) is 0.231. The maximum atomic E-state index is 12.0. The fourth-order valence-corrected chi connectivity index (χ4v) is 2.12. The van der Waals surface area contributed by atoms with Crippen LogP contribution in [-0.4, -0.2) is 26.1 Å². The predicted molar refractivity (Wildman–Crippen MR) is 75.0 cm³/mol. The molecule has 19 heavy (non-hydrogen) atoms. The lowest BCUT2D eigenvalue weighted by Crippen LogP contribution is -2.23. The SMILES string of the molecule is Cc1ccnc(NC(=O)C(C)Sc2ncccn2)c1. The van der Waals surface area contributed by atoms with Crippen molar-refractivity contribution in [1.29, 1.82) is 0 Å². The summed E-state index contributed by atoms with van der Waals surface area (Å²) >= 11 is 1.31. The van der Waals surface area contributed by atoms with Gasteiger partial charge in [-0.05, 0) is 37.6 Å². The Labute approximate surface area is 115 Å². The van der Waals surface area contributed by atoms with Crippen LogP contribution in [0.15, 0.2) is 41.9 Å². The van der Waals surface area contributed by atoms with Gasteiger partial charge < -0.3 is 5.32 Å². The minimum Gasteiger partial charge on any atom is -0.310 e. The number of carbonyl (C=O) groups excluding carboxylic acids is 1. The molecule has 0 aliphatic rings. The molecule has 0 saturated heterocycles. The second kappa shape index (κ2) is 6.29. The molecule has 2 rings (SSSR count). The van der Waals surface area contributed by atoms with E-state index in [1.807, 2.05) is 26.0 Å². The smallest absolute Gasteiger partial charge is 0.238 e. The quantitative estimate of drug-likeness (QED) is 0.684. The molecule has 2 aromatic rings. The van der Waals surface area contributed by atoms with Crippen molar-refractivity contribution in [2.45, 2.75) is 24.3 Å². The number of pyridine rings is 1. The second-order valence-electron chi connectivity index (χ2n) is 4.00. The number of thioether (sulfide) groups is 1. The van der Waals surface area contributed by atoms with Gasteiger partial charge in [-0.25, -0.2) is 15.0 Å². The summed E-state index contributed by atoms with van der Waals surface area (Å²) in [5.74, 6) is 0.446. The Morgan fingerprint density at radius 1 is 1.26 bits per heavy atom. The Bertz CT molecular complexity index is 562. The van der Waals surface area contributed by atoms with Crippen LogP contribution in [0.25, 0.3) is 0 Å². The van der Waals surface area contributed by atoms with Gasteiger partial charge in [0.05, 0.1) is 5.25 Å². The van der Waals surface area contributed by atoms with E-state index in [0.29, 0.717) is 11.0 Å². The van der Waals surface area contributed by atoms with Gasteiger partial charge in [0.25, 0.3) is 0 Å². The summed E-state index contributed by atoms with van der Waals surface area (Å²) in [7, 11) is 0. The summed E-state index contributed by atoms with van der Waals surface area (Å²) in [6.07, 6.45) is 4.98. The summed E-state index contributed by atoms with van der Waals surface area (Å²) in [6, 6.07) is 5.45. The first kappa shape index (κ1) is 13.5. The molecule has 0 fully saturated rings. The van der Waals surface area contributed by atoms with Crippen LogP contribution in [0.2, 0.25) is 0 Å². The molecule has 0 bridgehead atoms. The molecule has 1 N–H and O–H groups in total. The van der Waals surface area contributed by atoms with Crippen molar-refractivity contribution in [1.82, 2.24) is 15.0 Å². The van der Waals surface area contributed by atoms with Gasteiger partial charge in [-0.15, -0.1) is 0 Å². The monoisotopic (exact) mass is 274 g/mol. The molecule has 1 amide bonds. The molecule has 1 unspecified atom stereocenters. The third kappa shape index (κ3) is 4.03. The van der Waals surface area contributed by atoms with Crippen molar-refractivity contribution >= 4 is 23.5 Å². The number of hydrogen-bond acceptors (Lipinski definition) is 5. The maximum Gasteiger partial charge on any atom is 0.238 e. The standard InChI is InChI=1S/C13H14N4OS/c1-9-4-7-14-11(8-9)17-12(18)10(2)19-13-15-5-3-6-16-13/h3-8,10H,1-2H3,(H,14,17,18). The van der Waals surface area contributed by atoms with E-state index >= 15 is 0 Å². The summed E-state index contributed by atoms with van der Waals surface area (Å²) in [5.41, 5.74) is 1.05. The number of anilines is 1. The van der Waals surface area contributed by atoms with Crippen molar-refractivity contribution < 1.29 is 4.79 Å². The van der Waals surface area contributed by atoms with Gasteiger partial charge in [-0.2, -0.15) is 0 Å². The number of hydrogen-bond donors (Lipinski definition) is 1. The minimum atomic E-state index is -0.287. The van der Waals surface area contributed by atoms with E-state index in [9.17, 15) is 4.79 Å². The number of rotatable bonds is 4. The summed E-state index contributed by atoms with van der Waals surface area (Å²) in [5, 5.41) is 3.07. The normalized spacial score (nSPS) is 11.9. The molecule has 0 aromatic carbocycles. The first-order chi connectivity index (χ1) is 9.15. The molecule has 2 aromatic heterocycles. The van der Waals surface area contributed by atoms with Gasteiger partial charge in [0.15, 0.2) is 5.16 Å². The lowest BCUT2D eigenvalue weighted by molar-refractivity contribution is -0.115. The zero-order valence-electron chi connectivity index (χ0n) is 10.7. The highest BCUT2D eigenvalue weighted by Gasteiger charge is 2.16. The number of aromatic nitrogens is 3. The Morgan fingerprint density at radius 3 is 2.68 bits per heavy atom. The molecule has 0 saturated carbocycles. The maximum absolute atomic E-state index is 12.0. The van der Waals surface area contributed by atoms with E-state index in [0.717, 1.165) is 5.56 Å². The number of carbonyl (C=O) groups is 1. The van der Waals surface area contributed by atoms with Gasteiger partial charge in [0.2, 0.25) is 5.91 Å². The summed E-state index contributed by atoms with van der Waals surface area (Å²) in [4.78, 5) is 24.3. The van der Waals surface area contributed by atoms with Crippen molar-refractivity contribution in [3.05, 3.63) is 42.4 Å². The van der Waals surface area contributed by atoms with Crippen LogP contribution in [0.5, 0.6) is 0 Å².